The molecule has 0 aromatic carbocycles. The Bertz CT molecular complexity index is 468. The highest BCUT2D eigenvalue weighted by Crippen LogP contribution is 2.32. The van der Waals surface area contributed by atoms with E-state index in [1.807, 2.05) is 19.2 Å². The molecule has 1 N–H and O–H groups in total. The van der Waals surface area contributed by atoms with Crippen molar-refractivity contribution in [2.45, 2.75) is 39.2 Å². The van der Waals surface area contributed by atoms with Crippen molar-refractivity contribution in [3.05, 3.63) is 16.1 Å². The van der Waals surface area contributed by atoms with Crippen LogP contribution in [0.5, 0.6) is 0 Å². The lowest BCUT2D eigenvalue weighted by molar-refractivity contribution is -0.148. The molecular formula is C13H18N2O3S. The predicted octanol–water partition coefficient (Wildman–Crippen LogP) is 1.45. The summed E-state index contributed by atoms with van der Waals surface area (Å²) < 4.78 is 4.93. The minimum atomic E-state index is -0.417. The van der Waals surface area contributed by atoms with Crippen LogP contribution in [-0.4, -0.2) is 29.5 Å². The number of aryl methyl sites for hydroxylation is 1. The molecular weight excluding hydrogens is 264 g/mol. The van der Waals surface area contributed by atoms with E-state index in [9.17, 15) is 9.59 Å². The third-order valence-electron chi connectivity index (χ3n) is 3.07. The molecule has 0 bridgehead atoms. The number of carbonyl (C=O) groups is 2. The molecule has 1 fully saturated rings. The number of nitrogens with one attached hydrogen (secondary N) is 1. The van der Waals surface area contributed by atoms with Gasteiger partial charge in [-0.3, -0.25) is 9.59 Å². The number of ether oxygens (including phenoxy) is 1. The molecule has 1 heterocycles. The molecule has 0 saturated heterocycles. The van der Waals surface area contributed by atoms with Crippen LogP contribution in [0.4, 0.5) is 0 Å². The fourth-order valence-corrected chi connectivity index (χ4v) is 2.46. The summed E-state index contributed by atoms with van der Waals surface area (Å²) in [5, 5.41) is 5.58. The number of nitrogens with zero attached hydrogens (tertiary/aromatic N) is 1. The third-order valence-corrected chi connectivity index (χ3v) is 3.90. The first-order valence-electron chi connectivity index (χ1n) is 6.40. The third kappa shape index (κ3) is 4.63. The van der Waals surface area contributed by atoms with Crippen LogP contribution in [-0.2, 0) is 20.7 Å². The lowest BCUT2D eigenvalue weighted by atomic mass is 10.2. The first-order chi connectivity index (χ1) is 9.04. The minimum absolute atomic E-state index is 0.121. The highest BCUT2D eigenvalue weighted by molar-refractivity contribution is 7.09. The first-order valence-corrected chi connectivity index (χ1v) is 7.28. The molecule has 0 radical (unpaired) electrons. The molecule has 104 valence electrons. The van der Waals surface area contributed by atoms with Crippen LogP contribution >= 0.6 is 11.3 Å². The smallest absolute Gasteiger partial charge is 0.312 e. The molecule has 1 aromatic rings. The maximum Gasteiger partial charge on any atom is 0.312 e. The minimum Gasteiger partial charge on any atom is -0.455 e. The van der Waals surface area contributed by atoms with Crippen molar-refractivity contribution in [1.29, 1.82) is 0 Å². The van der Waals surface area contributed by atoms with Gasteiger partial charge in [-0.15, -0.1) is 11.3 Å². The van der Waals surface area contributed by atoms with Crippen molar-refractivity contribution >= 4 is 23.2 Å². The molecule has 1 unspecified atom stereocenters. The zero-order valence-electron chi connectivity index (χ0n) is 11.1. The summed E-state index contributed by atoms with van der Waals surface area (Å²) in [4.78, 5) is 27.2. The van der Waals surface area contributed by atoms with Gasteiger partial charge in [-0.25, -0.2) is 4.98 Å². The standard InChI is InChI=1S/C13H18N2O3S/c1-8(10-3-4-10)14-12(16)6-18-13(17)5-11-7-19-9(2)15-11/h7-8,10H,3-6H2,1-2H3,(H,14,16). The Hall–Kier alpha value is -1.43. The number of rotatable bonds is 6. The van der Waals surface area contributed by atoms with E-state index in [4.69, 9.17) is 4.74 Å². The van der Waals surface area contributed by atoms with Crippen LogP contribution in [0.25, 0.3) is 0 Å². The van der Waals surface area contributed by atoms with Crippen LogP contribution in [0.15, 0.2) is 5.38 Å². The number of amides is 1. The Kier molecular flexibility index (Phi) is 4.52. The summed E-state index contributed by atoms with van der Waals surface area (Å²) in [6.45, 7) is 3.65. The van der Waals surface area contributed by atoms with Gasteiger partial charge in [-0.2, -0.15) is 0 Å². The average Bonchev–Trinajstić information content (AvgIpc) is 3.12. The van der Waals surface area contributed by atoms with Crippen LogP contribution in [0.3, 0.4) is 0 Å². The van der Waals surface area contributed by atoms with E-state index in [-0.39, 0.29) is 25.0 Å². The second kappa shape index (κ2) is 6.14. The largest absolute Gasteiger partial charge is 0.455 e. The number of hydrogen-bond donors (Lipinski definition) is 1. The van der Waals surface area contributed by atoms with Crippen molar-refractivity contribution in [2.75, 3.05) is 6.61 Å². The summed E-state index contributed by atoms with van der Waals surface area (Å²) in [5.74, 6) is -0.0561. The Labute approximate surface area is 116 Å². The summed E-state index contributed by atoms with van der Waals surface area (Å²) in [7, 11) is 0. The van der Waals surface area contributed by atoms with Crippen LogP contribution in [0.1, 0.15) is 30.5 Å². The van der Waals surface area contributed by atoms with Crippen molar-refractivity contribution in [3.8, 4) is 0 Å². The van der Waals surface area contributed by atoms with Gasteiger partial charge in [0.1, 0.15) is 0 Å². The molecule has 19 heavy (non-hydrogen) atoms. The Balaban J connectivity index is 1.66. The van der Waals surface area contributed by atoms with Crippen LogP contribution in [0.2, 0.25) is 0 Å². The van der Waals surface area contributed by atoms with Gasteiger partial charge in [0.15, 0.2) is 6.61 Å². The topological polar surface area (TPSA) is 68.3 Å². The molecule has 0 spiro atoms. The molecule has 0 aliphatic heterocycles. The van der Waals surface area contributed by atoms with Crippen molar-refractivity contribution in [1.82, 2.24) is 10.3 Å². The fourth-order valence-electron chi connectivity index (χ4n) is 1.84. The van der Waals surface area contributed by atoms with E-state index in [1.165, 1.54) is 24.2 Å². The summed E-state index contributed by atoms with van der Waals surface area (Å²) >= 11 is 1.49. The first kappa shape index (κ1) is 14.0. The normalized spacial score (nSPS) is 15.9. The van der Waals surface area contributed by atoms with E-state index in [0.29, 0.717) is 11.6 Å². The quantitative estimate of drug-likeness (QED) is 0.802. The van der Waals surface area contributed by atoms with Crippen molar-refractivity contribution in [2.24, 2.45) is 5.92 Å². The molecule has 1 amide bonds. The SMILES string of the molecule is Cc1nc(CC(=O)OCC(=O)NC(C)C2CC2)cs1. The van der Waals surface area contributed by atoms with E-state index in [2.05, 4.69) is 10.3 Å². The lowest BCUT2D eigenvalue weighted by Gasteiger charge is -2.12. The second-order valence-electron chi connectivity index (χ2n) is 4.89. The summed E-state index contributed by atoms with van der Waals surface area (Å²) in [6.07, 6.45) is 2.46. The fraction of sp³-hybridized carbons (Fsp3) is 0.615. The van der Waals surface area contributed by atoms with Gasteiger partial charge >= 0.3 is 5.97 Å². The van der Waals surface area contributed by atoms with Gasteiger partial charge in [0.25, 0.3) is 5.91 Å². The van der Waals surface area contributed by atoms with E-state index in [1.54, 1.807) is 0 Å². The summed E-state index contributed by atoms with van der Waals surface area (Å²) in [6, 6.07) is 0.174. The Morgan fingerprint density at radius 1 is 1.58 bits per heavy atom. The van der Waals surface area contributed by atoms with Gasteiger partial charge in [0, 0.05) is 11.4 Å². The molecule has 1 aliphatic carbocycles. The highest BCUT2D eigenvalue weighted by atomic mass is 32.1. The van der Waals surface area contributed by atoms with E-state index < -0.39 is 5.97 Å². The zero-order valence-corrected chi connectivity index (χ0v) is 12.0. The molecule has 2 rings (SSSR count). The van der Waals surface area contributed by atoms with Crippen LogP contribution < -0.4 is 5.32 Å². The summed E-state index contributed by atoms with van der Waals surface area (Å²) in [5.41, 5.74) is 0.694. The predicted molar refractivity (Wildman–Crippen MR) is 71.8 cm³/mol. The lowest BCUT2D eigenvalue weighted by Crippen LogP contribution is -2.37. The van der Waals surface area contributed by atoms with E-state index in [0.717, 1.165) is 5.01 Å². The highest BCUT2D eigenvalue weighted by Gasteiger charge is 2.28. The van der Waals surface area contributed by atoms with Gasteiger partial charge in [-0.05, 0) is 32.6 Å². The number of thiazole rings is 1. The Morgan fingerprint density at radius 2 is 2.32 bits per heavy atom. The average molecular weight is 282 g/mol. The molecule has 1 atom stereocenters. The Morgan fingerprint density at radius 3 is 2.89 bits per heavy atom. The molecule has 5 nitrogen and oxygen atoms in total. The number of carbonyl (C=O) groups excluding carboxylic acids is 2. The number of hydrogen-bond acceptors (Lipinski definition) is 5. The monoisotopic (exact) mass is 282 g/mol. The van der Waals surface area contributed by atoms with Gasteiger partial charge < -0.3 is 10.1 Å². The van der Waals surface area contributed by atoms with E-state index >= 15 is 0 Å². The van der Waals surface area contributed by atoms with Crippen LogP contribution in [0, 0.1) is 12.8 Å². The van der Waals surface area contributed by atoms with Gasteiger partial charge in [0.05, 0.1) is 17.1 Å². The van der Waals surface area contributed by atoms with Gasteiger partial charge in [0.2, 0.25) is 0 Å². The van der Waals surface area contributed by atoms with Crippen molar-refractivity contribution < 1.29 is 14.3 Å². The zero-order chi connectivity index (χ0) is 13.8. The van der Waals surface area contributed by atoms with Gasteiger partial charge in [-0.1, -0.05) is 0 Å². The number of aromatic nitrogens is 1. The molecule has 1 aromatic heterocycles. The maximum absolute atomic E-state index is 11.5. The molecule has 6 heteroatoms. The molecule has 1 saturated carbocycles. The number of esters is 1. The second-order valence-corrected chi connectivity index (χ2v) is 5.95. The van der Waals surface area contributed by atoms with Crippen molar-refractivity contribution in [3.63, 3.8) is 0 Å². The maximum atomic E-state index is 11.5. The molecule has 1 aliphatic rings.